The Hall–Kier alpha value is -0.380. The zero-order valence-electron chi connectivity index (χ0n) is 9.18. The maximum absolute atomic E-state index is 4.64. The summed E-state index contributed by atoms with van der Waals surface area (Å²) >= 11 is 0. The molecule has 6 heteroatoms. The van der Waals surface area contributed by atoms with Crippen molar-refractivity contribution >= 4 is 13.3 Å². The van der Waals surface area contributed by atoms with Gasteiger partial charge in [0.15, 0.2) is 0 Å². The Kier molecular flexibility index (Phi) is 2.80. The van der Waals surface area contributed by atoms with Gasteiger partial charge < -0.3 is 0 Å². The Morgan fingerprint density at radius 2 is 1.62 bits per heavy atom. The summed E-state index contributed by atoms with van der Waals surface area (Å²) in [5.41, 5.74) is 0. The average molecular weight is 203 g/mol. The van der Waals surface area contributed by atoms with E-state index in [0.29, 0.717) is 0 Å². The van der Waals surface area contributed by atoms with Crippen molar-refractivity contribution in [1.29, 1.82) is 0 Å². The quantitative estimate of drug-likeness (QED) is 0.635. The van der Waals surface area contributed by atoms with Gasteiger partial charge in [-0.3, -0.25) is 5.01 Å². The summed E-state index contributed by atoms with van der Waals surface area (Å²) in [5, 5.41) is 1.85. The van der Waals surface area contributed by atoms with Crippen molar-refractivity contribution in [3.8, 4) is 0 Å². The monoisotopic (exact) mass is 203 g/mol. The highest BCUT2D eigenvalue weighted by Crippen LogP contribution is 2.57. The molecule has 1 aliphatic heterocycles. The summed E-state index contributed by atoms with van der Waals surface area (Å²) in [6, 6.07) is 0. The number of nitrogens with zero attached hydrogens (tertiary/aromatic N) is 5. The van der Waals surface area contributed by atoms with Gasteiger partial charge in [0.1, 0.15) is 5.84 Å². The summed E-state index contributed by atoms with van der Waals surface area (Å²) in [7, 11) is 8.22. The molecule has 1 rings (SSSR count). The molecule has 0 unspecified atom stereocenters. The molecule has 0 radical (unpaired) electrons. The van der Waals surface area contributed by atoms with Crippen LogP contribution >= 0.6 is 7.51 Å². The van der Waals surface area contributed by atoms with Crippen molar-refractivity contribution < 1.29 is 0 Å². The molecule has 0 saturated carbocycles. The van der Waals surface area contributed by atoms with Gasteiger partial charge in [-0.25, -0.2) is 14.1 Å². The molecule has 5 nitrogen and oxygen atoms in total. The second kappa shape index (κ2) is 3.40. The minimum atomic E-state index is -1.80. The van der Waals surface area contributed by atoms with Crippen molar-refractivity contribution in [3.05, 3.63) is 0 Å². The zero-order valence-corrected chi connectivity index (χ0v) is 10.1. The first kappa shape index (κ1) is 10.7. The van der Waals surface area contributed by atoms with E-state index >= 15 is 0 Å². The average Bonchev–Trinajstić information content (AvgIpc) is 2.29. The van der Waals surface area contributed by atoms with Gasteiger partial charge in [-0.2, -0.15) is 0 Å². The lowest BCUT2D eigenvalue weighted by molar-refractivity contribution is 0.518. The van der Waals surface area contributed by atoms with E-state index in [1.165, 1.54) is 0 Å². The number of rotatable bonds is 2. The minimum Gasteiger partial charge on any atom is -0.252 e. The van der Waals surface area contributed by atoms with Crippen LogP contribution in [0.3, 0.4) is 0 Å². The van der Waals surface area contributed by atoms with Crippen LogP contribution in [0, 0.1) is 0 Å². The van der Waals surface area contributed by atoms with Crippen LogP contribution in [0.1, 0.15) is 6.92 Å². The third kappa shape index (κ3) is 1.64. The molecule has 0 N–H and O–H groups in total. The van der Waals surface area contributed by atoms with E-state index in [4.69, 9.17) is 0 Å². The smallest absolute Gasteiger partial charge is 0.234 e. The molecule has 0 aromatic rings. The third-order valence-electron chi connectivity index (χ3n) is 2.07. The maximum Gasteiger partial charge on any atom is 0.234 e. The highest BCUT2D eigenvalue weighted by molar-refractivity contribution is 7.60. The molecule has 0 atom stereocenters. The number of hydrogen-bond acceptors (Lipinski definition) is 5. The molecule has 0 spiro atoms. The SMILES string of the molecule is CC1=NP(N(C)C)(N(C)C)=NN1C. The Morgan fingerprint density at radius 1 is 1.15 bits per heavy atom. The molecule has 0 aromatic carbocycles. The van der Waals surface area contributed by atoms with Gasteiger partial charge in [0.2, 0.25) is 7.51 Å². The standard InChI is InChI=1S/C7H18N5P/c1-7-8-13(10(2)3,11(4)5)9-12(7)6/h1-6H3. The van der Waals surface area contributed by atoms with Gasteiger partial charge in [0.05, 0.1) is 0 Å². The molecule has 0 bridgehead atoms. The van der Waals surface area contributed by atoms with E-state index < -0.39 is 7.51 Å². The Labute approximate surface area is 80.2 Å². The number of amidine groups is 1. The highest BCUT2D eigenvalue weighted by Gasteiger charge is 2.31. The maximum atomic E-state index is 4.64. The summed E-state index contributed by atoms with van der Waals surface area (Å²) in [6.45, 7) is 1.98. The summed E-state index contributed by atoms with van der Waals surface area (Å²) < 4.78 is 8.83. The largest absolute Gasteiger partial charge is 0.252 e. The van der Waals surface area contributed by atoms with E-state index in [-0.39, 0.29) is 0 Å². The molecule has 1 heterocycles. The van der Waals surface area contributed by atoms with Crippen LogP contribution in [0.15, 0.2) is 9.62 Å². The lowest BCUT2D eigenvalue weighted by atomic mass is 10.7. The molecular weight excluding hydrogens is 185 g/mol. The fourth-order valence-electron chi connectivity index (χ4n) is 1.22. The molecule has 1 aliphatic rings. The lowest BCUT2D eigenvalue weighted by Gasteiger charge is -2.29. The van der Waals surface area contributed by atoms with Crippen molar-refractivity contribution in [1.82, 2.24) is 14.3 Å². The zero-order chi connectivity index (χ0) is 10.2. The van der Waals surface area contributed by atoms with Gasteiger partial charge in [0, 0.05) is 7.05 Å². The Morgan fingerprint density at radius 3 is 1.77 bits per heavy atom. The fraction of sp³-hybridized carbons (Fsp3) is 0.857. The minimum absolute atomic E-state index is 0.982. The van der Waals surface area contributed by atoms with Crippen LogP contribution in [-0.4, -0.2) is 55.4 Å². The molecule has 13 heavy (non-hydrogen) atoms. The van der Waals surface area contributed by atoms with Gasteiger partial charge >= 0.3 is 0 Å². The van der Waals surface area contributed by atoms with Crippen LogP contribution in [-0.2, 0) is 0 Å². The summed E-state index contributed by atoms with van der Waals surface area (Å²) in [4.78, 5) is 4.59. The van der Waals surface area contributed by atoms with E-state index in [9.17, 15) is 0 Å². The molecular formula is C7H18N5P. The Bertz CT molecular complexity index is 269. The van der Waals surface area contributed by atoms with Crippen molar-refractivity contribution in [2.75, 3.05) is 35.2 Å². The van der Waals surface area contributed by atoms with E-state index in [1.54, 1.807) is 0 Å². The van der Waals surface area contributed by atoms with Crippen LogP contribution < -0.4 is 0 Å². The predicted octanol–water partition coefficient (Wildman–Crippen LogP) is 1.33. The van der Waals surface area contributed by atoms with Crippen molar-refractivity contribution in [2.24, 2.45) is 9.62 Å². The van der Waals surface area contributed by atoms with Gasteiger partial charge in [-0.1, -0.05) is 0 Å². The first-order chi connectivity index (χ1) is 5.90. The topological polar surface area (TPSA) is 34.4 Å². The van der Waals surface area contributed by atoms with Gasteiger partial charge in [-0.05, 0) is 35.1 Å². The van der Waals surface area contributed by atoms with Crippen LogP contribution in [0.4, 0.5) is 0 Å². The second-order valence-electron chi connectivity index (χ2n) is 3.49. The first-order valence-electron chi connectivity index (χ1n) is 4.18. The lowest BCUT2D eigenvalue weighted by Crippen LogP contribution is -2.19. The van der Waals surface area contributed by atoms with E-state index in [1.807, 2.05) is 47.2 Å². The fourth-order valence-corrected chi connectivity index (χ4v) is 3.66. The molecule has 0 amide bonds. The molecule has 0 aromatic heterocycles. The van der Waals surface area contributed by atoms with Gasteiger partial charge in [0.25, 0.3) is 0 Å². The molecule has 0 aliphatic carbocycles. The van der Waals surface area contributed by atoms with Gasteiger partial charge in [-0.15, -0.1) is 4.85 Å². The van der Waals surface area contributed by atoms with E-state index in [0.717, 1.165) is 5.84 Å². The van der Waals surface area contributed by atoms with Crippen molar-refractivity contribution in [2.45, 2.75) is 6.92 Å². The summed E-state index contributed by atoms with van der Waals surface area (Å²) in [6.07, 6.45) is 0. The molecule has 0 fully saturated rings. The third-order valence-corrected chi connectivity index (χ3v) is 5.29. The van der Waals surface area contributed by atoms with Crippen LogP contribution in [0.2, 0.25) is 0 Å². The molecule has 0 saturated heterocycles. The predicted molar refractivity (Wildman–Crippen MR) is 57.6 cm³/mol. The highest BCUT2D eigenvalue weighted by atomic mass is 31.2. The normalized spacial score (nSPS) is 20.9. The first-order valence-corrected chi connectivity index (χ1v) is 5.78. The molecule has 76 valence electrons. The Balaban J connectivity index is 3.16. The number of hydrogen-bond donors (Lipinski definition) is 0. The van der Waals surface area contributed by atoms with Crippen LogP contribution in [0.25, 0.3) is 0 Å². The van der Waals surface area contributed by atoms with Crippen molar-refractivity contribution in [3.63, 3.8) is 0 Å². The van der Waals surface area contributed by atoms with E-state index in [2.05, 4.69) is 19.0 Å². The summed E-state index contributed by atoms with van der Waals surface area (Å²) in [5.74, 6) is 0.982. The van der Waals surface area contributed by atoms with Crippen LogP contribution in [0.5, 0.6) is 0 Å². The second-order valence-corrected chi connectivity index (χ2v) is 6.54.